The summed E-state index contributed by atoms with van der Waals surface area (Å²) in [6.45, 7) is 2.07. The van der Waals surface area contributed by atoms with Crippen molar-refractivity contribution in [2.24, 2.45) is 0 Å². The fourth-order valence-electron chi connectivity index (χ4n) is 8.50. The number of ether oxygens (including phenoxy) is 2. The normalized spacial score (nSPS) is 25.0. The van der Waals surface area contributed by atoms with Gasteiger partial charge in [0.1, 0.15) is 29.9 Å². The van der Waals surface area contributed by atoms with Crippen molar-refractivity contribution in [3.63, 3.8) is 0 Å². The number of anilines is 1. The number of piperazine rings is 1. The van der Waals surface area contributed by atoms with Crippen LogP contribution in [-0.2, 0) is 0 Å². The van der Waals surface area contributed by atoms with Gasteiger partial charge < -0.3 is 19.7 Å². The van der Waals surface area contributed by atoms with Crippen LogP contribution in [0.5, 0.6) is 11.8 Å². The summed E-state index contributed by atoms with van der Waals surface area (Å²) in [6, 6.07) is 4.33. The van der Waals surface area contributed by atoms with Crippen LogP contribution in [0.1, 0.15) is 49.7 Å². The van der Waals surface area contributed by atoms with Gasteiger partial charge in [-0.25, -0.2) is 26.3 Å². The second kappa shape index (κ2) is 11.9. The van der Waals surface area contributed by atoms with E-state index < -0.39 is 52.5 Å². The van der Waals surface area contributed by atoms with Crippen LogP contribution in [0.2, 0.25) is 0 Å². The van der Waals surface area contributed by atoms with Gasteiger partial charge in [0.05, 0.1) is 29.2 Å². The summed E-state index contributed by atoms with van der Waals surface area (Å²) >= 11 is 0. The summed E-state index contributed by atoms with van der Waals surface area (Å²) in [5.41, 5.74) is -2.94. The first-order valence-corrected chi connectivity index (χ1v) is 16.4. The van der Waals surface area contributed by atoms with Crippen molar-refractivity contribution in [1.82, 2.24) is 20.2 Å². The Hall–Kier alpha value is -4.28. The minimum absolute atomic E-state index is 0.0575. The number of nitrogens with zero attached hydrogens (tertiary/aromatic N) is 4. The molecule has 4 aliphatic heterocycles. The molecule has 49 heavy (non-hydrogen) atoms. The Kier molecular flexibility index (Phi) is 7.79. The minimum Gasteiger partial charge on any atom is -0.493 e. The van der Waals surface area contributed by atoms with E-state index in [1.54, 1.807) is 0 Å². The van der Waals surface area contributed by atoms with E-state index in [2.05, 4.69) is 21.1 Å². The number of fused-ring (bicyclic) bond motifs is 5. The summed E-state index contributed by atoms with van der Waals surface area (Å²) in [5.74, 6) is -1.27. The van der Waals surface area contributed by atoms with E-state index in [1.807, 2.05) is 4.90 Å². The predicted octanol–water partition coefficient (Wildman–Crippen LogP) is 6.69. The van der Waals surface area contributed by atoms with E-state index in [4.69, 9.17) is 20.9 Å². The lowest BCUT2D eigenvalue weighted by molar-refractivity contribution is 0.107. The second-order valence-corrected chi connectivity index (χ2v) is 13.5. The lowest BCUT2D eigenvalue weighted by Gasteiger charge is -2.35. The van der Waals surface area contributed by atoms with Crippen LogP contribution in [-0.4, -0.2) is 78.6 Å². The molecule has 5 heterocycles. The highest BCUT2D eigenvalue weighted by Gasteiger charge is 2.49. The average molecular weight is 682 g/mol. The highest BCUT2D eigenvalue weighted by Crippen LogP contribution is 2.47. The standard InChI is InChI=1S/C36H33F6N5O2/c1-3-23-25(38)8-5-18-11-19(33(41)42)12-24(26(18)23)27-29(39)31-28(32(48-2)30(27)40)34(46-15-21-6-7-22(16-46)43-21)45-35(44-31)49-17-36-9-4-10-47(36)14-20(37)13-36/h1,5,8,11-12,20-22,33,43H,4,6-7,9-10,13-17H2,2H3/t20-,21?,22?,36+/m1/s1. The van der Waals surface area contributed by atoms with Gasteiger partial charge in [-0.2, -0.15) is 9.97 Å². The van der Waals surface area contributed by atoms with Crippen LogP contribution in [0, 0.1) is 29.8 Å². The molecule has 3 aromatic carbocycles. The van der Waals surface area contributed by atoms with Gasteiger partial charge in [0.15, 0.2) is 17.4 Å². The van der Waals surface area contributed by atoms with E-state index in [0.29, 0.717) is 26.1 Å². The number of halogens is 6. The molecule has 4 saturated heterocycles. The first-order valence-electron chi connectivity index (χ1n) is 16.4. The molecule has 2 unspecified atom stereocenters. The molecular weight excluding hydrogens is 648 g/mol. The Balaban J connectivity index is 1.37. The second-order valence-electron chi connectivity index (χ2n) is 13.5. The topological polar surface area (TPSA) is 62.8 Å². The first-order chi connectivity index (χ1) is 23.6. The number of terminal acetylenes is 1. The van der Waals surface area contributed by atoms with Gasteiger partial charge in [0.2, 0.25) is 0 Å². The minimum atomic E-state index is -3.01. The monoisotopic (exact) mass is 681 g/mol. The van der Waals surface area contributed by atoms with Gasteiger partial charge in [0.25, 0.3) is 6.43 Å². The fraction of sp³-hybridized carbons (Fsp3) is 0.444. The lowest BCUT2D eigenvalue weighted by atomic mass is 9.90. The molecule has 256 valence electrons. The molecule has 4 aromatic rings. The molecule has 0 spiro atoms. The van der Waals surface area contributed by atoms with Crippen molar-refractivity contribution < 1.29 is 35.8 Å². The zero-order valence-electron chi connectivity index (χ0n) is 26.6. The van der Waals surface area contributed by atoms with E-state index in [1.165, 1.54) is 13.2 Å². The third-order valence-corrected chi connectivity index (χ3v) is 10.6. The Bertz CT molecular complexity index is 2030. The van der Waals surface area contributed by atoms with Crippen molar-refractivity contribution in [3.05, 3.63) is 52.8 Å². The summed E-state index contributed by atoms with van der Waals surface area (Å²) in [7, 11) is 1.21. The third kappa shape index (κ3) is 5.14. The van der Waals surface area contributed by atoms with Crippen LogP contribution in [0.4, 0.5) is 32.2 Å². The number of rotatable bonds is 7. The van der Waals surface area contributed by atoms with Crippen molar-refractivity contribution in [3.8, 4) is 35.2 Å². The van der Waals surface area contributed by atoms with Crippen LogP contribution in [0.15, 0.2) is 24.3 Å². The summed E-state index contributed by atoms with van der Waals surface area (Å²) in [4.78, 5) is 13.1. The SMILES string of the molecule is C#Cc1c(F)ccc2cc(C(F)F)cc(-c3c(F)c(OC)c4c(N5CC6CCC(C5)N6)nc(OC[C@@]56CCCN5C[C@H](F)C6)nc4c3F)c12. The molecule has 0 amide bonds. The molecule has 8 rings (SSSR count). The number of alkyl halides is 3. The zero-order chi connectivity index (χ0) is 34.2. The maximum Gasteiger partial charge on any atom is 0.319 e. The maximum atomic E-state index is 17.2. The molecule has 7 nitrogen and oxygen atoms in total. The fourth-order valence-corrected chi connectivity index (χ4v) is 8.50. The van der Waals surface area contributed by atoms with Crippen LogP contribution < -0.4 is 19.7 Å². The van der Waals surface area contributed by atoms with Crippen molar-refractivity contribution >= 4 is 27.5 Å². The number of methoxy groups -OCH3 is 1. The van der Waals surface area contributed by atoms with Gasteiger partial charge in [-0.15, -0.1) is 6.42 Å². The van der Waals surface area contributed by atoms with Gasteiger partial charge in [-0.3, -0.25) is 4.90 Å². The van der Waals surface area contributed by atoms with Crippen LogP contribution in [0.3, 0.4) is 0 Å². The Morgan fingerprint density at radius 2 is 1.84 bits per heavy atom. The number of benzene rings is 3. The van der Waals surface area contributed by atoms with E-state index in [-0.39, 0.29) is 69.7 Å². The molecule has 0 radical (unpaired) electrons. The number of hydrogen-bond acceptors (Lipinski definition) is 7. The highest BCUT2D eigenvalue weighted by atomic mass is 19.3. The Labute approximate surface area is 278 Å². The van der Waals surface area contributed by atoms with Crippen molar-refractivity contribution in [2.75, 3.05) is 44.8 Å². The maximum absolute atomic E-state index is 17.2. The highest BCUT2D eigenvalue weighted by molar-refractivity contribution is 6.05. The van der Waals surface area contributed by atoms with Gasteiger partial charge >= 0.3 is 6.01 Å². The number of aromatic nitrogens is 2. The smallest absolute Gasteiger partial charge is 0.319 e. The van der Waals surface area contributed by atoms with Crippen molar-refractivity contribution in [1.29, 1.82) is 0 Å². The molecule has 1 N–H and O–H groups in total. The molecule has 1 aromatic heterocycles. The summed E-state index contributed by atoms with van der Waals surface area (Å²) in [6.07, 6.45) is 5.34. The molecule has 0 saturated carbocycles. The molecule has 4 fully saturated rings. The predicted molar refractivity (Wildman–Crippen MR) is 173 cm³/mol. The Morgan fingerprint density at radius 1 is 1.06 bits per heavy atom. The van der Waals surface area contributed by atoms with E-state index in [9.17, 15) is 13.2 Å². The van der Waals surface area contributed by atoms with E-state index >= 15 is 13.2 Å². The van der Waals surface area contributed by atoms with E-state index in [0.717, 1.165) is 44.0 Å². The summed E-state index contributed by atoms with van der Waals surface area (Å²) < 4.78 is 104. The summed E-state index contributed by atoms with van der Waals surface area (Å²) in [5, 5.41) is 3.43. The van der Waals surface area contributed by atoms with Gasteiger partial charge in [-0.1, -0.05) is 12.0 Å². The molecule has 4 aliphatic rings. The third-order valence-electron chi connectivity index (χ3n) is 10.6. The first kappa shape index (κ1) is 32.0. The van der Waals surface area contributed by atoms with Crippen molar-refractivity contribution in [2.45, 2.75) is 62.3 Å². The number of hydrogen-bond donors (Lipinski definition) is 1. The van der Waals surface area contributed by atoms with Crippen LogP contribution in [0.25, 0.3) is 32.8 Å². The average Bonchev–Trinajstić information content (AvgIpc) is 3.73. The number of nitrogens with one attached hydrogen (secondary N) is 1. The lowest BCUT2D eigenvalue weighted by Crippen LogP contribution is -2.51. The molecule has 0 aliphatic carbocycles. The van der Waals surface area contributed by atoms with Gasteiger partial charge in [0, 0.05) is 49.1 Å². The quantitative estimate of drug-likeness (QED) is 0.172. The zero-order valence-corrected chi connectivity index (χ0v) is 26.6. The van der Waals surface area contributed by atoms with Gasteiger partial charge in [-0.05, 0) is 61.4 Å². The largest absolute Gasteiger partial charge is 0.493 e. The molecule has 13 heteroatoms. The molecule has 4 atom stereocenters. The van der Waals surface area contributed by atoms with Crippen LogP contribution >= 0.6 is 0 Å². The molecule has 2 bridgehead atoms. The Morgan fingerprint density at radius 3 is 2.55 bits per heavy atom. The molecular formula is C36H33F6N5O2.